The fraction of sp³-hybridized carbons (Fsp3) is 0.643. The van der Waals surface area contributed by atoms with E-state index in [0.717, 1.165) is 45.6 Å². The molecule has 0 unspecified atom stereocenters. The average molecular weight is 378 g/mol. The molecule has 0 radical (unpaired) electrons. The molecular formula is C14H23IN2O2. The highest BCUT2D eigenvalue weighted by Gasteiger charge is 2.23. The van der Waals surface area contributed by atoms with Gasteiger partial charge in [0.05, 0.1) is 13.2 Å². The summed E-state index contributed by atoms with van der Waals surface area (Å²) in [4.78, 5) is 16.2. The Bertz CT molecular complexity index is 292. The molecule has 108 valence electrons. The maximum atomic E-state index is 12.2. The minimum absolute atomic E-state index is 0.206. The molecular weight excluding hydrogens is 355 g/mol. The first-order valence-corrected chi connectivity index (χ1v) is 7.54. The predicted molar refractivity (Wildman–Crippen MR) is 86.1 cm³/mol. The second-order valence-corrected chi connectivity index (χ2v) is 5.49. The van der Waals surface area contributed by atoms with Crippen molar-refractivity contribution in [2.75, 3.05) is 39.3 Å². The highest BCUT2D eigenvalue weighted by Crippen LogP contribution is 2.18. The maximum absolute atomic E-state index is 12.2. The van der Waals surface area contributed by atoms with E-state index in [1.54, 1.807) is 0 Å². The zero-order valence-corrected chi connectivity index (χ0v) is 13.5. The molecule has 0 spiro atoms. The molecule has 1 saturated heterocycles. The Morgan fingerprint density at radius 1 is 1.32 bits per heavy atom. The van der Waals surface area contributed by atoms with E-state index in [2.05, 4.69) is 13.2 Å². The first kappa shape index (κ1) is 16.7. The smallest absolute Gasteiger partial charge is 0.236 e. The molecule has 0 atom stereocenters. The summed E-state index contributed by atoms with van der Waals surface area (Å²) in [5.74, 6) is 0.802. The van der Waals surface area contributed by atoms with Gasteiger partial charge in [0.2, 0.25) is 5.91 Å². The molecule has 19 heavy (non-hydrogen) atoms. The average Bonchev–Trinajstić information content (AvgIpc) is 2.40. The Kier molecular flexibility index (Phi) is 8.32. The summed E-state index contributed by atoms with van der Waals surface area (Å²) >= 11 is 1.94. The van der Waals surface area contributed by atoms with Crippen molar-refractivity contribution in [1.29, 1.82) is 0 Å². The number of rotatable bonds is 8. The van der Waals surface area contributed by atoms with E-state index in [9.17, 15) is 4.79 Å². The monoisotopic (exact) mass is 378 g/mol. The number of hydrogen-bond donors (Lipinski definition) is 0. The van der Waals surface area contributed by atoms with Gasteiger partial charge < -0.3 is 7.97 Å². The quantitative estimate of drug-likeness (QED) is 0.480. The topological polar surface area (TPSA) is 32.8 Å². The van der Waals surface area contributed by atoms with E-state index in [1.807, 2.05) is 45.0 Å². The Hall–Kier alpha value is -0.400. The van der Waals surface area contributed by atoms with Crippen LogP contribution in [-0.2, 0) is 7.86 Å². The molecule has 0 aromatic carbocycles. The van der Waals surface area contributed by atoms with Crippen LogP contribution in [0.5, 0.6) is 0 Å². The van der Waals surface area contributed by atoms with E-state index >= 15 is 0 Å². The molecule has 0 aliphatic carbocycles. The second kappa shape index (κ2) is 9.50. The van der Waals surface area contributed by atoms with E-state index in [4.69, 9.17) is 3.07 Å². The van der Waals surface area contributed by atoms with Crippen LogP contribution in [0.3, 0.4) is 0 Å². The summed E-state index contributed by atoms with van der Waals surface area (Å²) in [5, 5.41) is 0. The van der Waals surface area contributed by atoms with Gasteiger partial charge in [-0.05, 0) is 18.8 Å². The molecule has 1 rings (SSSR count). The largest absolute Gasteiger partial charge is 0.342 e. The van der Waals surface area contributed by atoms with Crippen LogP contribution in [0, 0.1) is 5.92 Å². The van der Waals surface area contributed by atoms with Gasteiger partial charge in [-0.2, -0.15) is 0 Å². The summed E-state index contributed by atoms with van der Waals surface area (Å²) in [6, 6.07) is 0. The van der Waals surface area contributed by atoms with Crippen molar-refractivity contribution < 1.29 is 7.86 Å². The Morgan fingerprint density at radius 3 is 2.37 bits per heavy atom. The van der Waals surface area contributed by atoms with Crippen LogP contribution < -0.4 is 0 Å². The Morgan fingerprint density at radius 2 is 1.89 bits per heavy atom. The van der Waals surface area contributed by atoms with Crippen LogP contribution >= 0.6 is 23.0 Å². The number of nitrogens with zero attached hydrogens (tertiary/aromatic N) is 2. The number of halogens is 1. The molecule has 4 nitrogen and oxygen atoms in total. The Balaban J connectivity index is 2.37. The van der Waals surface area contributed by atoms with Crippen molar-refractivity contribution in [3.8, 4) is 0 Å². The summed E-state index contributed by atoms with van der Waals surface area (Å²) < 4.78 is 5.14. The van der Waals surface area contributed by atoms with Crippen molar-refractivity contribution >= 4 is 28.9 Å². The number of carbonyl (C=O) groups is 1. The van der Waals surface area contributed by atoms with Gasteiger partial charge in [0, 0.05) is 26.2 Å². The van der Waals surface area contributed by atoms with Crippen LogP contribution in [0.2, 0.25) is 0 Å². The van der Waals surface area contributed by atoms with Gasteiger partial charge in [0.1, 0.15) is 23.0 Å². The van der Waals surface area contributed by atoms with Crippen molar-refractivity contribution in [1.82, 2.24) is 9.80 Å². The number of amides is 1. The minimum Gasteiger partial charge on any atom is -0.342 e. The molecule has 1 aliphatic rings. The molecule has 0 bridgehead atoms. The minimum atomic E-state index is 0.206. The zero-order chi connectivity index (χ0) is 14.1. The van der Waals surface area contributed by atoms with Crippen LogP contribution in [-0.4, -0.2) is 55.0 Å². The lowest BCUT2D eigenvalue weighted by Crippen LogP contribution is -2.44. The first-order chi connectivity index (χ1) is 9.21. The highest BCUT2D eigenvalue weighted by molar-refractivity contribution is 14.1. The Labute approximate surface area is 130 Å². The van der Waals surface area contributed by atoms with Gasteiger partial charge in [0.15, 0.2) is 0 Å². The van der Waals surface area contributed by atoms with Crippen LogP contribution in [0.1, 0.15) is 12.8 Å². The molecule has 1 amide bonds. The number of carbonyl (C=O) groups excluding carboxylic acids is 1. The van der Waals surface area contributed by atoms with Crippen molar-refractivity contribution in [3.05, 3.63) is 25.3 Å². The van der Waals surface area contributed by atoms with E-state index in [-0.39, 0.29) is 5.91 Å². The number of hydrogen-bond acceptors (Lipinski definition) is 3. The van der Waals surface area contributed by atoms with Crippen LogP contribution in [0.25, 0.3) is 0 Å². The summed E-state index contributed by atoms with van der Waals surface area (Å²) in [6.07, 6.45) is 5.72. The molecule has 0 N–H and O–H groups in total. The van der Waals surface area contributed by atoms with Crippen LogP contribution in [0.15, 0.2) is 25.3 Å². The number of likely N-dealkylation sites (tertiary alicyclic amines) is 1. The molecule has 0 aromatic rings. The van der Waals surface area contributed by atoms with Gasteiger partial charge >= 0.3 is 0 Å². The molecule has 0 aromatic heterocycles. The number of piperidine rings is 1. The van der Waals surface area contributed by atoms with E-state index in [1.165, 1.54) is 0 Å². The molecule has 5 heteroatoms. The fourth-order valence-electron chi connectivity index (χ4n) is 2.30. The highest BCUT2D eigenvalue weighted by atomic mass is 127. The summed E-state index contributed by atoms with van der Waals surface area (Å²) in [5.41, 5.74) is 0. The molecule has 1 aliphatic heterocycles. The van der Waals surface area contributed by atoms with Gasteiger partial charge in [-0.15, -0.1) is 13.2 Å². The molecule has 1 heterocycles. The maximum Gasteiger partial charge on any atom is 0.236 e. The standard InChI is InChI=1S/C14H23IN2O2/c1-3-7-16(8-4-2)11-14(18)17-9-5-13(6-10-17)12-19-15/h3-4,13H,1-2,5-12H2. The van der Waals surface area contributed by atoms with Gasteiger partial charge in [-0.1, -0.05) is 12.2 Å². The van der Waals surface area contributed by atoms with Crippen LogP contribution in [0.4, 0.5) is 0 Å². The predicted octanol–water partition coefficient (Wildman–Crippen LogP) is 2.27. The lowest BCUT2D eigenvalue weighted by atomic mass is 9.98. The van der Waals surface area contributed by atoms with Crippen molar-refractivity contribution in [3.63, 3.8) is 0 Å². The van der Waals surface area contributed by atoms with Gasteiger partial charge in [-0.25, -0.2) is 0 Å². The third-order valence-corrected chi connectivity index (χ3v) is 3.76. The zero-order valence-electron chi connectivity index (χ0n) is 11.4. The lowest BCUT2D eigenvalue weighted by molar-refractivity contribution is -0.133. The van der Waals surface area contributed by atoms with Gasteiger partial charge in [-0.3, -0.25) is 9.69 Å². The SMILES string of the molecule is C=CCN(CC=C)CC(=O)N1CCC(COI)CC1. The second-order valence-electron chi connectivity index (χ2n) is 4.87. The molecule has 0 saturated carbocycles. The fourth-order valence-corrected chi connectivity index (χ4v) is 2.81. The van der Waals surface area contributed by atoms with Gasteiger partial charge in [0.25, 0.3) is 0 Å². The third-order valence-electron chi connectivity index (χ3n) is 3.40. The first-order valence-electron chi connectivity index (χ1n) is 6.66. The normalized spacial score (nSPS) is 16.6. The molecule has 1 fully saturated rings. The van der Waals surface area contributed by atoms with E-state index < -0.39 is 0 Å². The lowest BCUT2D eigenvalue weighted by Gasteiger charge is -2.32. The summed E-state index contributed by atoms with van der Waals surface area (Å²) in [6.45, 7) is 11.8. The third kappa shape index (κ3) is 6.05. The van der Waals surface area contributed by atoms with Crippen molar-refractivity contribution in [2.45, 2.75) is 12.8 Å². The van der Waals surface area contributed by atoms with E-state index in [0.29, 0.717) is 12.5 Å². The van der Waals surface area contributed by atoms with Crippen molar-refractivity contribution in [2.24, 2.45) is 5.92 Å². The summed E-state index contributed by atoms with van der Waals surface area (Å²) in [7, 11) is 0.